The van der Waals surface area contributed by atoms with Crippen molar-refractivity contribution in [2.45, 2.75) is 39.2 Å². The van der Waals surface area contributed by atoms with Gasteiger partial charge < -0.3 is 4.90 Å². The lowest BCUT2D eigenvalue weighted by atomic mass is 9.94. The first-order valence-corrected chi connectivity index (χ1v) is 14.4. The maximum atomic E-state index is 6.61. The Morgan fingerprint density at radius 1 is 1.05 bits per heavy atom. The van der Waals surface area contributed by atoms with Gasteiger partial charge in [-0.3, -0.25) is 9.89 Å². The molecule has 1 atom stereocenters. The minimum absolute atomic E-state index is 0.426. The molecule has 1 aliphatic carbocycles. The molecule has 0 bridgehead atoms. The van der Waals surface area contributed by atoms with Gasteiger partial charge in [-0.15, -0.1) is 0 Å². The van der Waals surface area contributed by atoms with Gasteiger partial charge in [0.15, 0.2) is 0 Å². The van der Waals surface area contributed by atoms with Crippen LogP contribution in [0, 0.1) is 5.92 Å². The number of benzene rings is 2. The minimum Gasteiger partial charge on any atom is -0.366 e. The molecule has 1 saturated heterocycles. The molecule has 2 fully saturated rings. The fraction of sp³-hybridized carbons (Fsp3) is 0.375. The zero-order valence-electron chi connectivity index (χ0n) is 22.2. The average Bonchev–Trinajstić information content (AvgIpc) is 3.67. The van der Waals surface area contributed by atoms with Gasteiger partial charge in [-0.1, -0.05) is 41.9 Å². The molecule has 1 unspecified atom stereocenters. The lowest BCUT2D eigenvalue weighted by Crippen LogP contribution is -2.52. The van der Waals surface area contributed by atoms with Crippen molar-refractivity contribution in [3.8, 4) is 0 Å². The van der Waals surface area contributed by atoms with Gasteiger partial charge in [0.1, 0.15) is 0 Å². The Balaban J connectivity index is 1.15. The fourth-order valence-electron chi connectivity index (χ4n) is 5.97. The van der Waals surface area contributed by atoms with Crippen LogP contribution in [0.4, 0.5) is 5.69 Å². The third kappa shape index (κ3) is 5.02. The summed E-state index contributed by atoms with van der Waals surface area (Å²) < 4.78 is 0. The van der Waals surface area contributed by atoms with Gasteiger partial charge >= 0.3 is 0 Å². The van der Waals surface area contributed by atoms with Crippen molar-refractivity contribution in [1.82, 2.24) is 9.88 Å². The molecule has 0 spiro atoms. The van der Waals surface area contributed by atoms with Crippen molar-refractivity contribution in [2.24, 2.45) is 10.9 Å². The Bertz CT molecular complexity index is 1450. The molecule has 2 aromatic carbocycles. The average molecular weight is 546 g/mol. The van der Waals surface area contributed by atoms with Crippen LogP contribution in [0.1, 0.15) is 44.4 Å². The first-order chi connectivity index (χ1) is 18.4. The van der Waals surface area contributed by atoms with Gasteiger partial charge in [0.2, 0.25) is 0 Å². The maximum absolute atomic E-state index is 6.61. The molecule has 1 saturated carbocycles. The Labute approximate surface area is 235 Å². The molecule has 6 rings (SSSR count). The number of aromatic nitrogens is 1. The SMILES string of the molecule is C=C(C)c1ccc2cc(N3CCN(CCC4=C(C5CC5)CN=C4c4c(Cl)cccc4Cl)CC3C)ccc2n1. The largest absolute Gasteiger partial charge is 0.366 e. The highest BCUT2D eigenvalue weighted by Crippen LogP contribution is 2.43. The summed E-state index contributed by atoms with van der Waals surface area (Å²) in [5, 5.41) is 2.55. The minimum atomic E-state index is 0.426. The maximum Gasteiger partial charge on any atom is 0.0713 e. The third-order valence-electron chi connectivity index (χ3n) is 8.18. The number of aliphatic imine (C=N–C) groups is 1. The molecule has 3 aromatic rings. The van der Waals surface area contributed by atoms with E-state index < -0.39 is 0 Å². The topological polar surface area (TPSA) is 31.7 Å². The van der Waals surface area contributed by atoms with Gasteiger partial charge in [0.05, 0.1) is 33.5 Å². The monoisotopic (exact) mass is 544 g/mol. The summed E-state index contributed by atoms with van der Waals surface area (Å²) in [6, 6.07) is 17.0. The molecule has 2 aliphatic heterocycles. The predicted molar refractivity (Wildman–Crippen MR) is 162 cm³/mol. The lowest BCUT2D eigenvalue weighted by Gasteiger charge is -2.41. The third-order valence-corrected chi connectivity index (χ3v) is 8.81. The van der Waals surface area contributed by atoms with Crippen LogP contribution in [0.25, 0.3) is 16.5 Å². The molecule has 38 heavy (non-hydrogen) atoms. The molecule has 0 radical (unpaired) electrons. The molecular weight excluding hydrogens is 511 g/mol. The Morgan fingerprint density at radius 3 is 2.55 bits per heavy atom. The van der Waals surface area contributed by atoms with E-state index in [1.165, 1.54) is 35.1 Å². The summed E-state index contributed by atoms with van der Waals surface area (Å²) >= 11 is 13.2. The number of anilines is 1. The number of nitrogens with zero attached hydrogens (tertiary/aromatic N) is 4. The molecule has 1 aromatic heterocycles. The van der Waals surface area contributed by atoms with E-state index in [1.807, 2.05) is 25.1 Å². The highest BCUT2D eigenvalue weighted by molar-refractivity contribution is 6.41. The van der Waals surface area contributed by atoms with E-state index in [2.05, 4.69) is 53.6 Å². The van der Waals surface area contributed by atoms with Crippen LogP contribution in [-0.2, 0) is 0 Å². The Morgan fingerprint density at radius 2 is 1.84 bits per heavy atom. The lowest BCUT2D eigenvalue weighted by molar-refractivity contribution is 0.232. The number of hydrogen-bond acceptors (Lipinski definition) is 4. The van der Waals surface area contributed by atoms with Crippen LogP contribution in [-0.4, -0.2) is 54.4 Å². The van der Waals surface area contributed by atoms with Crippen molar-refractivity contribution in [1.29, 1.82) is 0 Å². The summed E-state index contributed by atoms with van der Waals surface area (Å²) in [5.74, 6) is 0.692. The highest BCUT2D eigenvalue weighted by Gasteiger charge is 2.34. The van der Waals surface area contributed by atoms with E-state index in [4.69, 9.17) is 33.2 Å². The fourth-order valence-corrected chi connectivity index (χ4v) is 6.54. The second kappa shape index (κ2) is 10.5. The Hall–Kier alpha value is -2.66. The molecular formula is C32H34Cl2N4. The summed E-state index contributed by atoms with van der Waals surface area (Å²) in [7, 11) is 0. The molecule has 6 heteroatoms. The van der Waals surface area contributed by atoms with Crippen LogP contribution in [0.3, 0.4) is 0 Å². The quantitative estimate of drug-likeness (QED) is 0.305. The van der Waals surface area contributed by atoms with E-state index in [0.29, 0.717) is 22.0 Å². The van der Waals surface area contributed by atoms with Crippen molar-refractivity contribution in [3.63, 3.8) is 0 Å². The van der Waals surface area contributed by atoms with Crippen LogP contribution < -0.4 is 4.90 Å². The smallest absolute Gasteiger partial charge is 0.0713 e. The number of piperazine rings is 1. The van der Waals surface area contributed by atoms with Crippen molar-refractivity contribution in [3.05, 3.63) is 87.6 Å². The summed E-state index contributed by atoms with van der Waals surface area (Å²) in [5.41, 5.74) is 9.07. The first kappa shape index (κ1) is 25.6. The number of rotatable bonds is 7. The number of fused-ring (bicyclic) bond motifs is 1. The number of hydrogen-bond donors (Lipinski definition) is 0. The van der Waals surface area contributed by atoms with E-state index in [9.17, 15) is 0 Å². The number of allylic oxidation sites excluding steroid dienone is 1. The zero-order valence-corrected chi connectivity index (χ0v) is 23.7. The molecule has 196 valence electrons. The van der Waals surface area contributed by atoms with Gasteiger partial charge in [-0.05, 0) is 92.1 Å². The Kier molecular flexibility index (Phi) is 7.07. The van der Waals surface area contributed by atoms with E-state index >= 15 is 0 Å². The van der Waals surface area contributed by atoms with Crippen molar-refractivity contribution < 1.29 is 0 Å². The molecule has 3 heterocycles. The second-order valence-electron chi connectivity index (χ2n) is 11.0. The van der Waals surface area contributed by atoms with Gasteiger partial charge in [-0.25, -0.2) is 4.98 Å². The standard InChI is InChI=1S/C32H34Cl2N4/c1-20(2)29-11-9-23-17-24(10-12-30(23)36-29)38-16-15-37(19-21(38)3)14-13-25-26(22-7-8-22)18-35-32(25)31-27(33)5-4-6-28(31)34/h4-6,9-12,17,21-22H,1,7-8,13-16,18-19H2,2-3H3. The van der Waals surface area contributed by atoms with Crippen LogP contribution in [0.5, 0.6) is 0 Å². The number of halogens is 2. The van der Waals surface area contributed by atoms with Crippen molar-refractivity contribution in [2.75, 3.05) is 37.6 Å². The van der Waals surface area contributed by atoms with Crippen LogP contribution in [0.15, 0.2) is 71.2 Å². The predicted octanol–water partition coefficient (Wildman–Crippen LogP) is 7.68. The highest BCUT2D eigenvalue weighted by atomic mass is 35.5. The molecule has 0 amide bonds. The van der Waals surface area contributed by atoms with Gasteiger partial charge in [-0.2, -0.15) is 0 Å². The van der Waals surface area contributed by atoms with E-state index in [1.54, 1.807) is 0 Å². The van der Waals surface area contributed by atoms with Crippen LogP contribution >= 0.6 is 23.2 Å². The summed E-state index contributed by atoms with van der Waals surface area (Å²) in [4.78, 5) is 14.9. The first-order valence-electron chi connectivity index (χ1n) is 13.7. The van der Waals surface area contributed by atoms with E-state index in [0.717, 1.165) is 67.2 Å². The number of pyridine rings is 1. The molecule has 3 aliphatic rings. The molecule has 0 N–H and O–H groups in total. The molecule has 4 nitrogen and oxygen atoms in total. The van der Waals surface area contributed by atoms with Crippen LogP contribution in [0.2, 0.25) is 10.0 Å². The second-order valence-corrected chi connectivity index (χ2v) is 11.8. The van der Waals surface area contributed by atoms with Gasteiger partial charge in [0.25, 0.3) is 0 Å². The summed E-state index contributed by atoms with van der Waals surface area (Å²) in [6.07, 6.45) is 3.55. The normalized spacial score (nSPS) is 20.4. The van der Waals surface area contributed by atoms with Gasteiger partial charge in [0, 0.05) is 48.9 Å². The van der Waals surface area contributed by atoms with E-state index in [-0.39, 0.29) is 0 Å². The zero-order chi connectivity index (χ0) is 26.4. The summed E-state index contributed by atoms with van der Waals surface area (Å²) in [6.45, 7) is 13.3. The van der Waals surface area contributed by atoms with Crippen molar-refractivity contribution >= 4 is 51.1 Å².